The zero-order valence-corrected chi connectivity index (χ0v) is 17.8. The monoisotopic (exact) mass is 446 g/mol. The summed E-state index contributed by atoms with van der Waals surface area (Å²) in [6.45, 7) is 1.72. The maximum absolute atomic E-state index is 13.2. The fraction of sp³-hybridized carbons (Fsp3) is 0.409. The number of benzene rings is 1. The first-order chi connectivity index (χ1) is 15.1. The molecule has 32 heavy (non-hydrogen) atoms. The fourth-order valence-electron chi connectivity index (χ4n) is 4.16. The van der Waals surface area contributed by atoms with Crippen molar-refractivity contribution in [3.8, 4) is 0 Å². The number of alkyl halides is 3. The first kappa shape index (κ1) is 21.9. The molecule has 0 bridgehead atoms. The van der Waals surface area contributed by atoms with Gasteiger partial charge in [-0.1, -0.05) is 12.8 Å². The van der Waals surface area contributed by atoms with Gasteiger partial charge in [0.2, 0.25) is 0 Å². The van der Waals surface area contributed by atoms with Crippen LogP contribution in [0.15, 0.2) is 35.4 Å². The molecule has 1 aliphatic carbocycles. The van der Waals surface area contributed by atoms with E-state index in [2.05, 4.69) is 20.6 Å². The molecule has 1 atom stereocenters. The average Bonchev–Trinajstić information content (AvgIpc) is 3.24. The molecule has 4 rings (SSSR count). The molecule has 0 radical (unpaired) electrons. The lowest BCUT2D eigenvalue weighted by Gasteiger charge is -2.20. The number of nitrogen functional groups attached to an aromatic ring is 1. The maximum Gasteiger partial charge on any atom is 0.416 e. The van der Waals surface area contributed by atoms with Gasteiger partial charge in [0, 0.05) is 18.8 Å². The van der Waals surface area contributed by atoms with Crippen LogP contribution in [0.5, 0.6) is 0 Å². The largest absolute Gasteiger partial charge is 0.416 e. The second-order valence-electron chi connectivity index (χ2n) is 8.26. The number of hydrogen-bond donors (Lipinski definition) is 3. The third-order valence-corrected chi connectivity index (χ3v) is 5.88. The van der Waals surface area contributed by atoms with Gasteiger partial charge in [0.25, 0.3) is 5.56 Å². The summed E-state index contributed by atoms with van der Waals surface area (Å²) >= 11 is 0. The number of anilines is 3. The molecule has 0 unspecified atom stereocenters. The Balaban J connectivity index is 1.71. The standard InChI is InChI=1S/C22H25F3N6O/c1-12(13-7-14(22(23,24)25)9-15(26)8-13)29-19-17-10-18(30-16-5-3-4-6-16)21(32)31(2)20(17)28-11-27-19/h7-12,16,30H,3-6,26H2,1-2H3,(H,27,28,29)/t12-/m1/s1. The number of nitrogens with zero attached hydrogens (tertiary/aromatic N) is 3. The quantitative estimate of drug-likeness (QED) is 0.501. The number of nitrogens with two attached hydrogens (primary N) is 1. The highest BCUT2D eigenvalue weighted by atomic mass is 19.4. The van der Waals surface area contributed by atoms with Crippen LogP contribution < -0.4 is 21.9 Å². The van der Waals surface area contributed by atoms with Crippen LogP contribution in [0.25, 0.3) is 11.0 Å². The number of halogens is 3. The second-order valence-corrected chi connectivity index (χ2v) is 8.26. The molecule has 4 N–H and O–H groups in total. The Morgan fingerprint density at radius 3 is 2.56 bits per heavy atom. The third kappa shape index (κ3) is 4.35. The van der Waals surface area contributed by atoms with Crippen LogP contribution in [-0.4, -0.2) is 20.6 Å². The van der Waals surface area contributed by atoms with E-state index >= 15 is 0 Å². The maximum atomic E-state index is 13.2. The molecule has 1 aromatic carbocycles. The smallest absolute Gasteiger partial charge is 0.399 e. The normalized spacial score (nSPS) is 15.8. The number of fused-ring (bicyclic) bond motifs is 1. The lowest BCUT2D eigenvalue weighted by atomic mass is 10.0. The predicted octanol–water partition coefficient (Wildman–Crippen LogP) is 4.46. The molecule has 1 fully saturated rings. The molecule has 10 heteroatoms. The fourth-order valence-corrected chi connectivity index (χ4v) is 4.16. The number of hydrogen-bond acceptors (Lipinski definition) is 6. The molecule has 2 heterocycles. The van der Waals surface area contributed by atoms with Gasteiger partial charge in [-0.15, -0.1) is 0 Å². The topological polar surface area (TPSA) is 97.9 Å². The van der Waals surface area contributed by atoms with E-state index in [0.717, 1.165) is 37.8 Å². The Labute approximate surface area is 182 Å². The number of aryl methyl sites for hydroxylation is 1. The summed E-state index contributed by atoms with van der Waals surface area (Å²) in [6, 6.07) is 4.91. The van der Waals surface area contributed by atoms with Crippen LogP contribution in [0.4, 0.5) is 30.4 Å². The van der Waals surface area contributed by atoms with Gasteiger partial charge in [0.15, 0.2) is 0 Å². The Bertz CT molecular complexity index is 1200. The van der Waals surface area contributed by atoms with E-state index in [-0.39, 0.29) is 17.3 Å². The summed E-state index contributed by atoms with van der Waals surface area (Å²) in [5, 5.41) is 7.08. The molecule has 3 aromatic rings. The highest BCUT2D eigenvalue weighted by Crippen LogP contribution is 2.34. The number of rotatable bonds is 5. The van der Waals surface area contributed by atoms with E-state index in [0.29, 0.717) is 28.1 Å². The first-order valence-electron chi connectivity index (χ1n) is 10.5. The summed E-state index contributed by atoms with van der Waals surface area (Å²) in [7, 11) is 1.64. The highest BCUT2D eigenvalue weighted by Gasteiger charge is 2.31. The minimum absolute atomic E-state index is 0.0291. The van der Waals surface area contributed by atoms with Crippen molar-refractivity contribution in [1.29, 1.82) is 0 Å². The van der Waals surface area contributed by atoms with Crippen molar-refractivity contribution >= 4 is 28.2 Å². The van der Waals surface area contributed by atoms with Gasteiger partial charge >= 0.3 is 6.18 Å². The second kappa shape index (κ2) is 8.33. The highest BCUT2D eigenvalue weighted by molar-refractivity contribution is 5.89. The summed E-state index contributed by atoms with van der Waals surface area (Å²) in [6.07, 6.45) is 1.08. The molecule has 1 aliphatic rings. The van der Waals surface area contributed by atoms with Crippen LogP contribution in [0.2, 0.25) is 0 Å². The molecular formula is C22H25F3N6O. The van der Waals surface area contributed by atoms with Gasteiger partial charge in [-0.05, 0) is 49.6 Å². The summed E-state index contributed by atoms with van der Waals surface area (Å²) in [5.41, 5.74) is 6.01. The molecule has 0 saturated heterocycles. The van der Waals surface area contributed by atoms with E-state index in [1.54, 1.807) is 20.0 Å². The molecule has 0 amide bonds. The number of aromatic nitrogens is 3. The van der Waals surface area contributed by atoms with Gasteiger partial charge in [0.1, 0.15) is 23.5 Å². The van der Waals surface area contributed by atoms with Gasteiger partial charge in [-0.25, -0.2) is 9.97 Å². The zero-order valence-electron chi connectivity index (χ0n) is 17.8. The SMILES string of the molecule is C[C@@H](Nc1ncnc2c1cc(NC1CCCC1)c(=O)n2C)c1cc(N)cc(C(F)(F)F)c1. The van der Waals surface area contributed by atoms with Crippen molar-refractivity contribution in [2.45, 2.75) is 50.9 Å². The number of pyridine rings is 1. The van der Waals surface area contributed by atoms with Crippen molar-refractivity contribution < 1.29 is 13.2 Å². The Morgan fingerprint density at radius 2 is 1.88 bits per heavy atom. The molecule has 7 nitrogen and oxygen atoms in total. The van der Waals surface area contributed by atoms with Crippen molar-refractivity contribution in [3.05, 3.63) is 52.1 Å². The van der Waals surface area contributed by atoms with Gasteiger partial charge in [-0.2, -0.15) is 13.2 Å². The Kier molecular flexibility index (Phi) is 5.70. The van der Waals surface area contributed by atoms with Crippen LogP contribution in [-0.2, 0) is 13.2 Å². The molecule has 170 valence electrons. The minimum atomic E-state index is -4.50. The van der Waals surface area contributed by atoms with E-state index in [1.165, 1.54) is 17.0 Å². The van der Waals surface area contributed by atoms with E-state index < -0.39 is 17.8 Å². The van der Waals surface area contributed by atoms with Crippen LogP contribution in [0, 0.1) is 0 Å². The third-order valence-electron chi connectivity index (χ3n) is 5.88. The van der Waals surface area contributed by atoms with Gasteiger partial charge in [0.05, 0.1) is 17.0 Å². The van der Waals surface area contributed by atoms with Crippen LogP contribution in [0.1, 0.15) is 49.8 Å². The molecular weight excluding hydrogens is 421 g/mol. The van der Waals surface area contributed by atoms with Crippen LogP contribution in [0.3, 0.4) is 0 Å². The van der Waals surface area contributed by atoms with Gasteiger partial charge < -0.3 is 16.4 Å². The lowest BCUT2D eigenvalue weighted by Crippen LogP contribution is -2.26. The molecule has 2 aromatic heterocycles. The average molecular weight is 446 g/mol. The van der Waals surface area contributed by atoms with Crippen molar-refractivity contribution in [2.24, 2.45) is 7.05 Å². The zero-order chi connectivity index (χ0) is 23.0. The summed E-state index contributed by atoms with van der Waals surface area (Å²) in [4.78, 5) is 21.3. The molecule has 1 saturated carbocycles. The van der Waals surface area contributed by atoms with Crippen molar-refractivity contribution in [3.63, 3.8) is 0 Å². The first-order valence-corrected chi connectivity index (χ1v) is 10.5. The lowest BCUT2D eigenvalue weighted by molar-refractivity contribution is -0.137. The predicted molar refractivity (Wildman–Crippen MR) is 119 cm³/mol. The van der Waals surface area contributed by atoms with Gasteiger partial charge in [-0.3, -0.25) is 9.36 Å². The van der Waals surface area contributed by atoms with Crippen molar-refractivity contribution in [1.82, 2.24) is 14.5 Å². The Morgan fingerprint density at radius 1 is 1.16 bits per heavy atom. The minimum Gasteiger partial charge on any atom is -0.399 e. The summed E-state index contributed by atoms with van der Waals surface area (Å²) in [5.74, 6) is 0.420. The van der Waals surface area contributed by atoms with Crippen molar-refractivity contribution in [2.75, 3.05) is 16.4 Å². The van der Waals surface area contributed by atoms with E-state index in [1.807, 2.05) is 0 Å². The molecule has 0 spiro atoms. The van der Waals surface area contributed by atoms with E-state index in [9.17, 15) is 18.0 Å². The number of nitrogens with one attached hydrogen (secondary N) is 2. The van der Waals surface area contributed by atoms with Crippen LogP contribution >= 0.6 is 0 Å². The summed E-state index contributed by atoms with van der Waals surface area (Å²) < 4.78 is 41.1. The Hall–Kier alpha value is -3.30. The van der Waals surface area contributed by atoms with E-state index in [4.69, 9.17) is 5.73 Å². The molecule has 0 aliphatic heterocycles.